The zero-order valence-corrected chi connectivity index (χ0v) is 25.0. The predicted octanol–water partition coefficient (Wildman–Crippen LogP) is 5.63. The van der Waals surface area contributed by atoms with Crippen LogP contribution >= 0.6 is 0 Å². The molecule has 5 rings (SSSR count). The Labute approximate surface area is 264 Å². The highest BCUT2D eigenvalue weighted by atomic mass is 19.4. The molecule has 244 valence electrons. The van der Waals surface area contributed by atoms with Crippen molar-refractivity contribution in [2.24, 2.45) is 0 Å². The van der Waals surface area contributed by atoms with Crippen molar-refractivity contribution in [1.29, 1.82) is 0 Å². The summed E-state index contributed by atoms with van der Waals surface area (Å²) in [7, 11) is 1.49. The summed E-state index contributed by atoms with van der Waals surface area (Å²) >= 11 is 0. The number of carbonyl (C=O) groups is 2. The molecule has 0 amide bonds. The van der Waals surface area contributed by atoms with Crippen LogP contribution in [0.4, 0.5) is 18.9 Å². The molecule has 0 aliphatic carbocycles. The number of pyridine rings is 2. The maximum absolute atomic E-state index is 14.0. The molecule has 0 bridgehead atoms. The Morgan fingerprint density at radius 2 is 1.81 bits per heavy atom. The molecule has 0 saturated heterocycles. The molecule has 16 heteroatoms. The highest BCUT2D eigenvalue weighted by Gasteiger charge is 2.42. The Hall–Kier alpha value is -5.80. The Morgan fingerprint density at radius 3 is 2.45 bits per heavy atom. The minimum absolute atomic E-state index is 0.0350. The van der Waals surface area contributed by atoms with E-state index in [1.807, 2.05) is 0 Å². The number of nitro groups is 1. The molecule has 1 unspecified atom stereocenters. The number of alkyl halides is 3. The number of aromatic nitrogens is 5. The van der Waals surface area contributed by atoms with E-state index in [0.717, 1.165) is 24.3 Å². The molecule has 0 spiro atoms. The van der Waals surface area contributed by atoms with Crippen LogP contribution in [0, 0.1) is 10.1 Å². The van der Waals surface area contributed by atoms with Gasteiger partial charge in [0.15, 0.2) is 0 Å². The summed E-state index contributed by atoms with van der Waals surface area (Å²) in [4.78, 5) is 39.5. The third-order valence-electron chi connectivity index (χ3n) is 7.16. The monoisotopic (exact) mass is 652 g/mol. The summed E-state index contributed by atoms with van der Waals surface area (Å²) in [5.41, 5.74) is 2.15. The van der Waals surface area contributed by atoms with Gasteiger partial charge in [-0.15, -0.1) is 5.10 Å². The Bertz CT molecular complexity index is 1900. The molecule has 0 aliphatic rings. The molecule has 0 fully saturated rings. The smallest absolute Gasteiger partial charge is 0.397 e. The molecule has 4 aromatic heterocycles. The number of benzene rings is 1. The topological polar surface area (TPSA) is 153 Å². The molecule has 0 saturated carbocycles. The first kappa shape index (κ1) is 32.6. The first-order valence-electron chi connectivity index (χ1n) is 14.2. The van der Waals surface area contributed by atoms with Crippen LogP contribution in [0.5, 0.6) is 5.88 Å². The predicted molar refractivity (Wildman–Crippen MR) is 159 cm³/mol. The number of nitrogens with zero attached hydrogens (tertiary/aromatic N) is 6. The van der Waals surface area contributed by atoms with E-state index >= 15 is 0 Å². The van der Waals surface area contributed by atoms with Crippen LogP contribution in [-0.4, -0.2) is 67.7 Å². The highest BCUT2D eigenvalue weighted by molar-refractivity contribution is 5.99. The van der Waals surface area contributed by atoms with Gasteiger partial charge < -0.3 is 18.6 Å². The van der Waals surface area contributed by atoms with Gasteiger partial charge in [-0.25, -0.2) is 19.3 Å². The van der Waals surface area contributed by atoms with E-state index in [9.17, 15) is 32.9 Å². The number of ether oxygens (including phenoxy) is 3. The summed E-state index contributed by atoms with van der Waals surface area (Å²) in [6, 6.07) is 13.1. The second-order valence-electron chi connectivity index (χ2n) is 10.2. The van der Waals surface area contributed by atoms with E-state index < -0.39 is 42.0 Å². The Kier molecular flexibility index (Phi) is 9.48. The van der Waals surface area contributed by atoms with Crippen molar-refractivity contribution in [3.05, 3.63) is 106 Å². The molecule has 47 heavy (non-hydrogen) atoms. The molecule has 0 N–H and O–H groups in total. The molecular weight excluding hydrogens is 625 g/mol. The SMILES string of the molecule is CCOC(=O)c1cc2cc(Cn3cc(C(CCOC(=O)c4ccc([N+](=O)[O-])cc4)C(F)(F)F)nn3)ccn2c1-c1ccc(OC)nc1. The van der Waals surface area contributed by atoms with E-state index in [1.165, 1.54) is 18.0 Å². The lowest BCUT2D eigenvalue weighted by Crippen LogP contribution is -2.23. The van der Waals surface area contributed by atoms with Gasteiger partial charge in [-0.1, -0.05) is 5.21 Å². The number of esters is 2. The van der Waals surface area contributed by atoms with Crippen molar-refractivity contribution in [2.75, 3.05) is 20.3 Å². The zero-order chi connectivity index (χ0) is 33.7. The van der Waals surface area contributed by atoms with E-state index in [1.54, 1.807) is 54.0 Å². The average molecular weight is 653 g/mol. The van der Waals surface area contributed by atoms with Gasteiger partial charge >= 0.3 is 18.1 Å². The van der Waals surface area contributed by atoms with Gasteiger partial charge in [0.2, 0.25) is 5.88 Å². The van der Waals surface area contributed by atoms with Crippen molar-refractivity contribution >= 4 is 23.1 Å². The fourth-order valence-corrected chi connectivity index (χ4v) is 4.91. The summed E-state index contributed by atoms with van der Waals surface area (Å²) in [6.45, 7) is 1.37. The number of methoxy groups -OCH3 is 1. The van der Waals surface area contributed by atoms with E-state index in [2.05, 4.69) is 15.3 Å². The van der Waals surface area contributed by atoms with Crippen molar-refractivity contribution in [3.63, 3.8) is 0 Å². The van der Waals surface area contributed by atoms with Gasteiger partial charge in [-0.3, -0.25) is 10.1 Å². The maximum Gasteiger partial charge on any atom is 0.397 e. The second kappa shape index (κ2) is 13.7. The normalized spacial score (nSPS) is 12.1. The highest BCUT2D eigenvalue weighted by Crippen LogP contribution is 2.36. The van der Waals surface area contributed by atoms with Crippen LogP contribution in [-0.2, 0) is 16.0 Å². The van der Waals surface area contributed by atoms with Gasteiger partial charge in [-0.05, 0) is 55.3 Å². The molecule has 5 aromatic rings. The number of carbonyl (C=O) groups excluding carboxylic acids is 2. The van der Waals surface area contributed by atoms with Crippen LogP contribution in [0.2, 0.25) is 0 Å². The minimum Gasteiger partial charge on any atom is -0.481 e. The number of hydrogen-bond acceptors (Lipinski definition) is 10. The Morgan fingerprint density at radius 1 is 1.04 bits per heavy atom. The standard InChI is InChI=1S/C31H27F3N6O7/c1-3-46-30(42)24-15-23-14-19(10-12-39(23)28(24)21-6-9-27(45-2)35-16-21)17-38-18-26(36-37-38)25(31(32,33)34)11-13-47-29(41)20-4-7-22(8-5-20)40(43)44/h4-10,12,14-16,18,25H,3,11,13,17H2,1-2H3. The van der Waals surface area contributed by atoms with Gasteiger partial charge in [-0.2, -0.15) is 13.2 Å². The van der Waals surface area contributed by atoms with Gasteiger partial charge in [0.25, 0.3) is 5.69 Å². The fraction of sp³-hybridized carbons (Fsp3) is 0.258. The summed E-state index contributed by atoms with van der Waals surface area (Å²) in [5, 5.41) is 18.4. The fourth-order valence-electron chi connectivity index (χ4n) is 4.91. The largest absolute Gasteiger partial charge is 0.481 e. The van der Waals surface area contributed by atoms with Crippen molar-refractivity contribution in [3.8, 4) is 17.1 Å². The number of rotatable bonds is 12. The number of halogens is 3. The lowest BCUT2D eigenvalue weighted by molar-refractivity contribution is -0.384. The van der Waals surface area contributed by atoms with Crippen LogP contribution in [0.15, 0.2) is 73.2 Å². The van der Waals surface area contributed by atoms with Crippen molar-refractivity contribution in [2.45, 2.75) is 32.0 Å². The van der Waals surface area contributed by atoms with E-state index in [0.29, 0.717) is 33.8 Å². The van der Waals surface area contributed by atoms with Crippen LogP contribution in [0.1, 0.15) is 51.2 Å². The van der Waals surface area contributed by atoms with Crippen molar-refractivity contribution < 1.29 is 41.9 Å². The number of hydrogen-bond donors (Lipinski definition) is 0. The third-order valence-corrected chi connectivity index (χ3v) is 7.16. The molecule has 0 aliphatic heterocycles. The van der Waals surface area contributed by atoms with Crippen LogP contribution in [0.25, 0.3) is 16.8 Å². The van der Waals surface area contributed by atoms with Gasteiger partial charge in [0.05, 0.1) is 54.3 Å². The first-order valence-corrected chi connectivity index (χ1v) is 14.2. The third kappa shape index (κ3) is 7.37. The van der Waals surface area contributed by atoms with Crippen molar-refractivity contribution in [1.82, 2.24) is 24.4 Å². The molecule has 1 atom stereocenters. The summed E-state index contributed by atoms with van der Waals surface area (Å²) < 4.78 is 60.4. The van der Waals surface area contributed by atoms with Crippen LogP contribution < -0.4 is 4.74 Å². The number of non-ortho nitro benzene ring substituents is 1. The molecule has 0 radical (unpaired) electrons. The number of fused-ring (bicyclic) bond motifs is 1. The molecule has 1 aromatic carbocycles. The van der Waals surface area contributed by atoms with Gasteiger partial charge in [0, 0.05) is 47.9 Å². The Balaban J connectivity index is 1.32. The lowest BCUT2D eigenvalue weighted by atomic mass is 10.0. The number of nitro benzene ring substituents is 1. The average Bonchev–Trinajstić information content (AvgIpc) is 3.67. The minimum atomic E-state index is -4.71. The molecular formula is C31H27F3N6O7. The summed E-state index contributed by atoms with van der Waals surface area (Å²) in [5.74, 6) is -3.11. The second-order valence-corrected chi connectivity index (χ2v) is 10.2. The lowest BCUT2D eigenvalue weighted by Gasteiger charge is -2.17. The molecule has 13 nitrogen and oxygen atoms in total. The van der Waals surface area contributed by atoms with Gasteiger partial charge in [0.1, 0.15) is 5.92 Å². The zero-order valence-electron chi connectivity index (χ0n) is 25.0. The summed E-state index contributed by atoms with van der Waals surface area (Å²) in [6.07, 6.45) is -0.847. The molecule has 4 heterocycles. The maximum atomic E-state index is 14.0. The quantitative estimate of drug-likeness (QED) is 0.0942. The van der Waals surface area contributed by atoms with Crippen LogP contribution in [0.3, 0.4) is 0 Å². The van der Waals surface area contributed by atoms with E-state index in [-0.39, 0.29) is 30.1 Å². The van der Waals surface area contributed by atoms with E-state index in [4.69, 9.17) is 14.2 Å². The first-order chi connectivity index (χ1) is 22.5.